The smallest absolute Gasteiger partial charge is 0.317 e. The minimum Gasteiger partial charge on any atom is -0.396 e. The zero-order valence-electron chi connectivity index (χ0n) is 13.8. The summed E-state index contributed by atoms with van der Waals surface area (Å²) >= 11 is 1.68. The summed E-state index contributed by atoms with van der Waals surface area (Å²) in [6.45, 7) is 8.60. The Kier molecular flexibility index (Phi) is 5.81. The van der Waals surface area contributed by atoms with Gasteiger partial charge in [0.1, 0.15) is 0 Å². The Labute approximate surface area is 136 Å². The van der Waals surface area contributed by atoms with E-state index in [2.05, 4.69) is 31.1 Å². The summed E-state index contributed by atoms with van der Waals surface area (Å²) in [6.07, 6.45) is 4.57. The normalized spacial score (nSPS) is 17.8. The van der Waals surface area contributed by atoms with Crippen molar-refractivity contribution in [3.63, 3.8) is 0 Å². The summed E-state index contributed by atoms with van der Waals surface area (Å²) in [6, 6.07) is -0.0150. The number of carbonyl (C=O) groups is 1. The number of hydrogen-bond acceptors (Lipinski definition) is 4. The molecule has 1 saturated heterocycles. The van der Waals surface area contributed by atoms with E-state index in [0.29, 0.717) is 25.6 Å². The van der Waals surface area contributed by atoms with Crippen LogP contribution in [0.1, 0.15) is 43.5 Å². The summed E-state index contributed by atoms with van der Waals surface area (Å²) in [5.41, 5.74) is -0.0276. The lowest BCUT2D eigenvalue weighted by atomic mass is 9.81. The monoisotopic (exact) mass is 325 g/mol. The van der Waals surface area contributed by atoms with Crippen molar-refractivity contribution in [2.75, 3.05) is 19.7 Å². The van der Waals surface area contributed by atoms with Crippen LogP contribution in [0.5, 0.6) is 0 Å². The van der Waals surface area contributed by atoms with Crippen molar-refractivity contribution in [2.24, 2.45) is 11.3 Å². The highest BCUT2D eigenvalue weighted by Crippen LogP contribution is 2.29. The van der Waals surface area contributed by atoms with E-state index in [4.69, 9.17) is 0 Å². The first kappa shape index (κ1) is 17.2. The first-order chi connectivity index (χ1) is 10.4. The molecule has 0 atom stereocenters. The van der Waals surface area contributed by atoms with Crippen molar-refractivity contribution in [1.82, 2.24) is 15.2 Å². The Morgan fingerprint density at radius 2 is 2.18 bits per heavy atom. The van der Waals surface area contributed by atoms with Crippen molar-refractivity contribution in [1.29, 1.82) is 0 Å². The summed E-state index contributed by atoms with van der Waals surface area (Å²) in [4.78, 5) is 19.5. The molecule has 2 N–H and O–H groups in total. The van der Waals surface area contributed by atoms with Gasteiger partial charge in [-0.25, -0.2) is 9.78 Å². The van der Waals surface area contributed by atoms with Gasteiger partial charge in [0.25, 0.3) is 0 Å². The van der Waals surface area contributed by atoms with Gasteiger partial charge in [-0.1, -0.05) is 20.8 Å². The number of amides is 2. The molecule has 2 amide bonds. The number of nitrogens with one attached hydrogen (secondary N) is 1. The van der Waals surface area contributed by atoms with Crippen LogP contribution in [0.15, 0.2) is 6.20 Å². The molecular formula is C16H27N3O2S. The van der Waals surface area contributed by atoms with Crippen LogP contribution in [0, 0.1) is 11.3 Å². The van der Waals surface area contributed by atoms with Gasteiger partial charge in [-0.3, -0.25) is 0 Å². The molecule has 22 heavy (non-hydrogen) atoms. The number of aliphatic hydroxyl groups excluding tert-OH is 1. The maximum atomic E-state index is 12.2. The molecule has 0 radical (unpaired) electrons. The number of aliphatic hydroxyl groups is 1. The van der Waals surface area contributed by atoms with Crippen molar-refractivity contribution < 1.29 is 9.90 Å². The molecule has 1 aromatic rings. The van der Waals surface area contributed by atoms with Gasteiger partial charge < -0.3 is 15.3 Å². The Balaban J connectivity index is 1.77. The van der Waals surface area contributed by atoms with E-state index >= 15 is 0 Å². The SMILES string of the molecule is CC(C)Cc1ncc(CNC(=O)N2CCC(C)(CO)CC2)s1. The Morgan fingerprint density at radius 3 is 2.77 bits per heavy atom. The van der Waals surface area contributed by atoms with E-state index in [9.17, 15) is 9.90 Å². The van der Waals surface area contributed by atoms with E-state index in [1.165, 1.54) is 0 Å². The first-order valence-corrected chi connectivity index (χ1v) is 8.81. The fraction of sp³-hybridized carbons (Fsp3) is 0.750. The largest absolute Gasteiger partial charge is 0.396 e. The number of nitrogens with zero attached hydrogens (tertiary/aromatic N) is 2. The molecule has 0 aliphatic carbocycles. The zero-order valence-corrected chi connectivity index (χ0v) is 14.6. The van der Waals surface area contributed by atoms with Crippen LogP contribution in [0.25, 0.3) is 0 Å². The fourth-order valence-electron chi connectivity index (χ4n) is 2.56. The maximum Gasteiger partial charge on any atom is 0.317 e. The Bertz CT molecular complexity index is 493. The van der Waals surface area contributed by atoms with Crippen LogP contribution in [0.2, 0.25) is 0 Å². The predicted octanol–water partition coefficient (Wildman–Crippen LogP) is 2.65. The van der Waals surface area contributed by atoms with E-state index < -0.39 is 0 Å². The molecule has 0 unspecified atom stereocenters. The number of piperidine rings is 1. The molecule has 5 nitrogen and oxygen atoms in total. The van der Waals surface area contributed by atoms with Crippen molar-refractivity contribution in [2.45, 2.75) is 46.6 Å². The Morgan fingerprint density at radius 1 is 1.50 bits per heavy atom. The molecule has 0 aromatic carbocycles. The first-order valence-electron chi connectivity index (χ1n) is 7.99. The van der Waals surface area contributed by atoms with Crippen LogP contribution in [-0.2, 0) is 13.0 Å². The molecular weight excluding hydrogens is 298 g/mol. The lowest BCUT2D eigenvalue weighted by molar-refractivity contribution is 0.0700. The number of urea groups is 1. The molecule has 1 aliphatic heterocycles. The van der Waals surface area contributed by atoms with Gasteiger partial charge >= 0.3 is 6.03 Å². The molecule has 1 aromatic heterocycles. The van der Waals surface area contributed by atoms with E-state index in [-0.39, 0.29) is 18.1 Å². The van der Waals surface area contributed by atoms with Crippen molar-refractivity contribution in [3.05, 3.63) is 16.1 Å². The van der Waals surface area contributed by atoms with Gasteiger partial charge in [0, 0.05) is 37.2 Å². The van der Waals surface area contributed by atoms with Gasteiger partial charge in [-0.05, 0) is 24.2 Å². The van der Waals surface area contributed by atoms with Crippen molar-refractivity contribution >= 4 is 17.4 Å². The van der Waals surface area contributed by atoms with Gasteiger partial charge in [0.05, 0.1) is 11.6 Å². The molecule has 2 heterocycles. The topological polar surface area (TPSA) is 65.5 Å². The second-order valence-electron chi connectivity index (χ2n) is 6.93. The van der Waals surface area contributed by atoms with Gasteiger partial charge in [-0.15, -0.1) is 11.3 Å². The third kappa shape index (κ3) is 4.68. The standard InChI is InChI=1S/C16H27N3O2S/c1-12(2)8-14-17-9-13(22-14)10-18-15(21)19-6-4-16(3,11-20)5-7-19/h9,12,20H,4-8,10-11H2,1-3H3,(H,18,21). The molecule has 0 bridgehead atoms. The zero-order chi connectivity index (χ0) is 16.2. The molecule has 124 valence electrons. The van der Waals surface area contributed by atoms with Crippen LogP contribution in [0.3, 0.4) is 0 Å². The maximum absolute atomic E-state index is 12.2. The molecule has 2 rings (SSSR count). The van der Waals surface area contributed by atoms with Crippen LogP contribution < -0.4 is 5.32 Å². The van der Waals surface area contributed by atoms with Crippen LogP contribution in [-0.4, -0.2) is 40.7 Å². The van der Waals surface area contributed by atoms with Crippen LogP contribution >= 0.6 is 11.3 Å². The third-order valence-electron chi connectivity index (χ3n) is 4.24. The molecule has 1 fully saturated rings. The lowest BCUT2D eigenvalue weighted by Gasteiger charge is -2.38. The minimum absolute atomic E-state index is 0.0150. The summed E-state index contributed by atoms with van der Waals surface area (Å²) in [5.74, 6) is 0.600. The minimum atomic E-state index is -0.0276. The molecule has 0 saturated carbocycles. The van der Waals surface area contributed by atoms with E-state index in [1.54, 1.807) is 11.3 Å². The van der Waals surface area contributed by atoms with E-state index in [1.807, 2.05) is 11.1 Å². The number of hydrogen-bond donors (Lipinski definition) is 2. The summed E-state index contributed by atoms with van der Waals surface area (Å²) < 4.78 is 0. The van der Waals surface area contributed by atoms with Gasteiger partial charge in [-0.2, -0.15) is 0 Å². The highest BCUT2D eigenvalue weighted by Gasteiger charge is 2.31. The molecule has 1 aliphatic rings. The molecule has 6 heteroatoms. The third-order valence-corrected chi connectivity index (χ3v) is 5.26. The number of aromatic nitrogens is 1. The fourth-order valence-corrected chi connectivity index (χ4v) is 3.63. The second-order valence-corrected chi connectivity index (χ2v) is 8.13. The summed E-state index contributed by atoms with van der Waals surface area (Å²) in [5, 5.41) is 13.5. The quantitative estimate of drug-likeness (QED) is 0.874. The lowest BCUT2D eigenvalue weighted by Crippen LogP contribution is -2.47. The highest BCUT2D eigenvalue weighted by atomic mass is 32.1. The van der Waals surface area contributed by atoms with E-state index in [0.717, 1.165) is 29.1 Å². The summed E-state index contributed by atoms with van der Waals surface area (Å²) in [7, 11) is 0. The van der Waals surface area contributed by atoms with Gasteiger partial charge in [0.15, 0.2) is 0 Å². The predicted molar refractivity (Wildman–Crippen MR) is 88.9 cm³/mol. The van der Waals surface area contributed by atoms with Crippen molar-refractivity contribution in [3.8, 4) is 0 Å². The van der Waals surface area contributed by atoms with Crippen LogP contribution in [0.4, 0.5) is 4.79 Å². The highest BCUT2D eigenvalue weighted by molar-refractivity contribution is 7.11. The average molecular weight is 325 g/mol. The van der Waals surface area contributed by atoms with Gasteiger partial charge in [0.2, 0.25) is 0 Å². The Hall–Kier alpha value is -1.14. The number of rotatable bonds is 5. The number of carbonyl (C=O) groups excluding carboxylic acids is 1. The number of likely N-dealkylation sites (tertiary alicyclic amines) is 1. The molecule has 0 spiro atoms. The number of thiazole rings is 1. The average Bonchev–Trinajstić information content (AvgIpc) is 2.92. The second kappa shape index (κ2) is 7.42.